The topological polar surface area (TPSA) is 50.3 Å². The molecule has 0 radical (unpaired) electrons. The lowest BCUT2D eigenvalue weighted by Gasteiger charge is -2.32. The van der Waals surface area contributed by atoms with Gasteiger partial charge in [0, 0.05) is 25.5 Å². The van der Waals surface area contributed by atoms with Gasteiger partial charge in [0.1, 0.15) is 4.90 Å². The monoisotopic (exact) mass is 298 g/mol. The zero-order chi connectivity index (χ0) is 15.2. The van der Waals surface area contributed by atoms with Gasteiger partial charge in [0.05, 0.1) is 0 Å². The van der Waals surface area contributed by atoms with Gasteiger partial charge in [-0.15, -0.1) is 0 Å². The van der Waals surface area contributed by atoms with Crippen molar-refractivity contribution in [3.63, 3.8) is 0 Å². The summed E-state index contributed by atoms with van der Waals surface area (Å²) in [6.45, 7) is 9.66. The van der Waals surface area contributed by atoms with Gasteiger partial charge in [-0.2, -0.15) is 4.31 Å². The Hall–Kier alpha value is -0.940. The van der Waals surface area contributed by atoms with Gasteiger partial charge >= 0.3 is 0 Å². The lowest BCUT2D eigenvalue weighted by molar-refractivity contribution is 0.226. The van der Waals surface area contributed by atoms with Crippen molar-refractivity contribution in [3.8, 4) is 0 Å². The van der Waals surface area contributed by atoms with Crippen LogP contribution in [0.25, 0.3) is 0 Å². The van der Waals surface area contributed by atoms with Crippen LogP contribution >= 0.6 is 0 Å². The number of hydrogen-bond donors (Lipinski definition) is 0. The smallest absolute Gasteiger partial charge is 0.244 e. The Balaban J connectivity index is 0.000000956. The molecule has 0 N–H and O–H groups in total. The largest absolute Gasteiger partial charge is 0.263 e. The second-order valence-electron chi connectivity index (χ2n) is 5.17. The SMILES string of the molecule is CC.CC(C)C1CCN(S(=O)(=O)c2cccnc2)CC1. The van der Waals surface area contributed by atoms with Gasteiger partial charge in [0.2, 0.25) is 10.0 Å². The first-order valence-electron chi connectivity index (χ1n) is 7.42. The van der Waals surface area contributed by atoms with E-state index in [1.165, 1.54) is 6.20 Å². The molecule has 5 heteroatoms. The minimum atomic E-state index is -3.34. The van der Waals surface area contributed by atoms with E-state index in [0.717, 1.165) is 12.8 Å². The molecule has 0 spiro atoms. The van der Waals surface area contributed by atoms with Crippen LogP contribution in [0.15, 0.2) is 29.4 Å². The highest BCUT2D eigenvalue weighted by Crippen LogP contribution is 2.27. The normalized spacial score (nSPS) is 17.6. The van der Waals surface area contributed by atoms with Gasteiger partial charge in [0.15, 0.2) is 0 Å². The molecule has 4 nitrogen and oxygen atoms in total. The van der Waals surface area contributed by atoms with Crippen LogP contribution in [0.2, 0.25) is 0 Å². The zero-order valence-electron chi connectivity index (χ0n) is 12.9. The van der Waals surface area contributed by atoms with E-state index in [1.807, 2.05) is 13.8 Å². The fourth-order valence-corrected chi connectivity index (χ4v) is 3.87. The number of nitrogens with zero attached hydrogens (tertiary/aromatic N) is 2. The third-order valence-corrected chi connectivity index (χ3v) is 5.60. The van der Waals surface area contributed by atoms with Gasteiger partial charge in [-0.05, 0) is 36.8 Å². The standard InChI is InChI=1S/C13H20N2O2S.C2H6/c1-11(2)12-5-8-15(9-6-12)18(16,17)13-4-3-7-14-10-13;1-2/h3-4,7,10-12H,5-6,8-9H2,1-2H3;1-2H3. The molecule has 0 bridgehead atoms. The quantitative estimate of drug-likeness (QED) is 0.861. The summed E-state index contributed by atoms with van der Waals surface area (Å²) in [5.41, 5.74) is 0. The van der Waals surface area contributed by atoms with Crippen molar-refractivity contribution in [3.05, 3.63) is 24.5 Å². The van der Waals surface area contributed by atoms with Crippen molar-refractivity contribution in [2.24, 2.45) is 11.8 Å². The van der Waals surface area contributed by atoms with E-state index in [0.29, 0.717) is 29.8 Å². The molecule has 2 heterocycles. The Labute approximate surface area is 123 Å². The molecule has 1 aliphatic heterocycles. The summed E-state index contributed by atoms with van der Waals surface area (Å²) >= 11 is 0. The first kappa shape index (κ1) is 17.1. The lowest BCUT2D eigenvalue weighted by Crippen LogP contribution is -2.39. The Morgan fingerprint density at radius 2 is 1.85 bits per heavy atom. The first-order valence-corrected chi connectivity index (χ1v) is 8.86. The van der Waals surface area contributed by atoms with Crippen molar-refractivity contribution >= 4 is 10.0 Å². The van der Waals surface area contributed by atoms with Crippen molar-refractivity contribution in [2.75, 3.05) is 13.1 Å². The number of aromatic nitrogens is 1. The molecular weight excluding hydrogens is 272 g/mol. The molecule has 1 aromatic heterocycles. The van der Waals surface area contributed by atoms with E-state index in [4.69, 9.17) is 0 Å². The predicted octanol–water partition coefficient (Wildman–Crippen LogP) is 3.16. The minimum absolute atomic E-state index is 0.299. The van der Waals surface area contributed by atoms with Crippen LogP contribution in [0.1, 0.15) is 40.5 Å². The molecule has 0 saturated carbocycles. The third kappa shape index (κ3) is 4.03. The number of piperidine rings is 1. The van der Waals surface area contributed by atoms with Crippen LogP contribution in [-0.2, 0) is 10.0 Å². The maximum Gasteiger partial charge on any atom is 0.244 e. The van der Waals surface area contributed by atoms with Gasteiger partial charge in [-0.3, -0.25) is 4.98 Å². The van der Waals surface area contributed by atoms with Crippen LogP contribution in [0, 0.1) is 11.8 Å². The van der Waals surface area contributed by atoms with Gasteiger partial charge in [-0.1, -0.05) is 27.7 Å². The van der Waals surface area contributed by atoms with Crippen LogP contribution < -0.4 is 0 Å². The van der Waals surface area contributed by atoms with E-state index in [1.54, 1.807) is 22.6 Å². The van der Waals surface area contributed by atoms with Gasteiger partial charge in [-0.25, -0.2) is 8.42 Å². The Bertz CT molecular complexity index is 478. The summed E-state index contributed by atoms with van der Waals surface area (Å²) in [5, 5.41) is 0. The van der Waals surface area contributed by atoms with Crippen molar-refractivity contribution in [1.29, 1.82) is 0 Å². The van der Waals surface area contributed by atoms with Crippen molar-refractivity contribution < 1.29 is 8.42 Å². The number of pyridine rings is 1. The van der Waals surface area contributed by atoms with Crippen molar-refractivity contribution in [2.45, 2.75) is 45.4 Å². The van der Waals surface area contributed by atoms with Crippen LogP contribution in [-0.4, -0.2) is 30.8 Å². The summed E-state index contributed by atoms with van der Waals surface area (Å²) in [5.74, 6) is 1.28. The average molecular weight is 298 g/mol. The highest BCUT2D eigenvalue weighted by Gasteiger charge is 2.30. The second kappa shape index (κ2) is 7.74. The van der Waals surface area contributed by atoms with E-state index in [-0.39, 0.29) is 0 Å². The minimum Gasteiger partial charge on any atom is -0.263 e. The maximum atomic E-state index is 12.3. The Kier molecular flexibility index (Phi) is 6.62. The summed E-state index contributed by atoms with van der Waals surface area (Å²) in [7, 11) is -3.34. The molecule has 0 aliphatic carbocycles. The Morgan fingerprint density at radius 3 is 2.30 bits per heavy atom. The fraction of sp³-hybridized carbons (Fsp3) is 0.667. The van der Waals surface area contributed by atoms with Crippen LogP contribution in [0.4, 0.5) is 0 Å². The molecule has 20 heavy (non-hydrogen) atoms. The maximum absolute atomic E-state index is 12.3. The number of sulfonamides is 1. The summed E-state index contributed by atoms with van der Waals surface area (Å²) in [4.78, 5) is 4.18. The molecule has 1 saturated heterocycles. The molecular formula is C15H26N2O2S. The van der Waals surface area contributed by atoms with E-state index in [9.17, 15) is 8.42 Å². The van der Waals surface area contributed by atoms with E-state index >= 15 is 0 Å². The zero-order valence-corrected chi connectivity index (χ0v) is 13.7. The van der Waals surface area contributed by atoms with Gasteiger partial charge in [0.25, 0.3) is 0 Å². The second-order valence-corrected chi connectivity index (χ2v) is 7.11. The number of hydrogen-bond acceptors (Lipinski definition) is 3. The predicted molar refractivity (Wildman–Crippen MR) is 81.9 cm³/mol. The molecule has 2 rings (SSSR count). The summed E-state index contributed by atoms with van der Waals surface area (Å²) in [6.07, 6.45) is 4.92. The van der Waals surface area contributed by atoms with Crippen LogP contribution in [0.3, 0.4) is 0 Å². The lowest BCUT2D eigenvalue weighted by atomic mass is 9.87. The first-order chi connectivity index (χ1) is 9.51. The molecule has 0 unspecified atom stereocenters. The average Bonchev–Trinajstić information content (AvgIpc) is 2.50. The fourth-order valence-electron chi connectivity index (χ4n) is 2.43. The molecule has 114 valence electrons. The highest BCUT2D eigenvalue weighted by molar-refractivity contribution is 7.89. The van der Waals surface area contributed by atoms with Crippen molar-refractivity contribution in [1.82, 2.24) is 9.29 Å². The molecule has 1 aromatic rings. The molecule has 0 amide bonds. The number of rotatable bonds is 3. The van der Waals surface area contributed by atoms with Gasteiger partial charge < -0.3 is 0 Å². The molecule has 0 aromatic carbocycles. The molecule has 1 aliphatic rings. The Morgan fingerprint density at radius 1 is 1.25 bits per heavy atom. The van der Waals surface area contributed by atoms with E-state index in [2.05, 4.69) is 18.8 Å². The van der Waals surface area contributed by atoms with Crippen LogP contribution in [0.5, 0.6) is 0 Å². The highest BCUT2D eigenvalue weighted by atomic mass is 32.2. The van der Waals surface area contributed by atoms with E-state index < -0.39 is 10.0 Å². The molecule has 1 fully saturated rings. The summed E-state index contributed by atoms with van der Waals surface area (Å²) < 4.78 is 26.3. The molecule has 0 atom stereocenters. The summed E-state index contributed by atoms with van der Waals surface area (Å²) in [6, 6.07) is 3.27. The third-order valence-electron chi connectivity index (χ3n) is 3.71.